The average molecular weight is 241 g/mol. The van der Waals surface area contributed by atoms with Gasteiger partial charge in [0, 0.05) is 6.54 Å². The number of carbonyl (C=O) groups is 1. The third-order valence-corrected chi connectivity index (χ3v) is 4.93. The van der Waals surface area contributed by atoms with Crippen LogP contribution in [0.15, 0.2) is 0 Å². The van der Waals surface area contributed by atoms with Gasteiger partial charge in [-0.05, 0) is 19.3 Å². The maximum Gasteiger partial charge on any atom is 0.252 e. The molecular formula is C12H19NO4. The van der Waals surface area contributed by atoms with Crippen LogP contribution in [-0.2, 0) is 9.53 Å². The average Bonchev–Trinajstić information content (AvgIpc) is 2.90. The van der Waals surface area contributed by atoms with Crippen molar-refractivity contribution in [3.8, 4) is 0 Å². The molecule has 0 aliphatic carbocycles. The highest BCUT2D eigenvalue weighted by Gasteiger charge is 2.75. The third-order valence-electron chi connectivity index (χ3n) is 4.93. The Kier molecular flexibility index (Phi) is 2.31. The van der Waals surface area contributed by atoms with E-state index in [2.05, 4.69) is 0 Å². The molecule has 0 unspecified atom stereocenters. The number of rotatable bonds is 2. The molecule has 3 aliphatic rings. The minimum Gasteiger partial charge on any atom is -0.382 e. The molecule has 5 heteroatoms. The molecule has 1 spiro atoms. The molecule has 0 saturated carbocycles. The lowest BCUT2D eigenvalue weighted by atomic mass is 9.66. The van der Waals surface area contributed by atoms with Gasteiger partial charge in [0.2, 0.25) is 0 Å². The second kappa shape index (κ2) is 3.43. The standard InChI is InChI=1S/C12H19NO4/c1-2-4-12-8(14)9(15)13-6-3-5-11(12,13)7-17-10(12)16/h8,10,14,16H,2-7H2,1H3/t8-,10+,11+,12-/m1/s1. The second-order valence-electron chi connectivity index (χ2n) is 5.48. The lowest BCUT2D eigenvalue weighted by Crippen LogP contribution is -2.54. The molecule has 0 radical (unpaired) electrons. The highest BCUT2D eigenvalue weighted by Crippen LogP contribution is 2.60. The Bertz CT molecular complexity index is 360. The summed E-state index contributed by atoms with van der Waals surface area (Å²) in [6.45, 7) is 3.04. The molecule has 0 aromatic carbocycles. The fraction of sp³-hybridized carbons (Fsp3) is 0.917. The van der Waals surface area contributed by atoms with Crippen LogP contribution in [0, 0.1) is 5.41 Å². The summed E-state index contributed by atoms with van der Waals surface area (Å²) in [7, 11) is 0. The first-order chi connectivity index (χ1) is 8.10. The van der Waals surface area contributed by atoms with Crippen LogP contribution in [-0.4, -0.2) is 52.1 Å². The Morgan fingerprint density at radius 2 is 2.29 bits per heavy atom. The highest BCUT2D eigenvalue weighted by molar-refractivity contribution is 5.87. The molecule has 5 nitrogen and oxygen atoms in total. The van der Waals surface area contributed by atoms with Gasteiger partial charge in [-0.3, -0.25) is 4.79 Å². The number of hydrogen-bond acceptors (Lipinski definition) is 4. The summed E-state index contributed by atoms with van der Waals surface area (Å²) in [6, 6.07) is 0. The van der Waals surface area contributed by atoms with Crippen LogP contribution in [0.5, 0.6) is 0 Å². The van der Waals surface area contributed by atoms with E-state index in [1.165, 1.54) is 0 Å². The fourth-order valence-electron chi connectivity index (χ4n) is 4.23. The van der Waals surface area contributed by atoms with Gasteiger partial charge in [0.1, 0.15) is 6.10 Å². The molecule has 4 atom stereocenters. The van der Waals surface area contributed by atoms with E-state index < -0.39 is 23.3 Å². The molecule has 3 fully saturated rings. The van der Waals surface area contributed by atoms with E-state index in [9.17, 15) is 15.0 Å². The zero-order valence-corrected chi connectivity index (χ0v) is 10.1. The molecule has 3 aliphatic heterocycles. The summed E-state index contributed by atoms with van der Waals surface area (Å²) in [5, 5.41) is 20.4. The predicted molar refractivity (Wildman–Crippen MR) is 59.0 cm³/mol. The Morgan fingerprint density at radius 1 is 1.53 bits per heavy atom. The quantitative estimate of drug-likeness (QED) is 0.706. The maximum atomic E-state index is 12.1. The van der Waals surface area contributed by atoms with Gasteiger partial charge >= 0.3 is 0 Å². The van der Waals surface area contributed by atoms with Crippen LogP contribution in [0.1, 0.15) is 32.6 Å². The van der Waals surface area contributed by atoms with E-state index in [4.69, 9.17) is 4.74 Å². The molecule has 3 saturated heterocycles. The van der Waals surface area contributed by atoms with Crippen LogP contribution in [0.3, 0.4) is 0 Å². The predicted octanol–water partition coefficient (Wildman–Crippen LogP) is -0.143. The lowest BCUT2D eigenvalue weighted by Gasteiger charge is -2.40. The van der Waals surface area contributed by atoms with Gasteiger partial charge in [0.25, 0.3) is 5.91 Å². The van der Waals surface area contributed by atoms with E-state index in [0.29, 0.717) is 19.6 Å². The molecule has 1 amide bonds. The summed E-state index contributed by atoms with van der Waals surface area (Å²) in [4.78, 5) is 13.9. The first-order valence-electron chi connectivity index (χ1n) is 6.39. The first kappa shape index (κ1) is 11.4. The van der Waals surface area contributed by atoms with Crippen LogP contribution < -0.4 is 0 Å². The van der Waals surface area contributed by atoms with Gasteiger partial charge < -0.3 is 19.8 Å². The van der Waals surface area contributed by atoms with Crippen LogP contribution in [0.25, 0.3) is 0 Å². The Morgan fingerprint density at radius 3 is 3.00 bits per heavy atom. The number of aliphatic hydroxyl groups excluding tert-OH is 2. The van der Waals surface area contributed by atoms with Gasteiger partial charge in [0.15, 0.2) is 6.29 Å². The first-order valence-corrected chi connectivity index (χ1v) is 6.39. The smallest absolute Gasteiger partial charge is 0.252 e. The van der Waals surface area contributed by atoms with E-state index >= 15 is 0 Å². The second-order valence-corrected chi connectivity index (χ2v) is 5.48. The van der Waals surface area contributed by atoms with Gasteiger partial charge in [-0.1, -0.05) is 13.3 Å². The van der Waals surface area contributed by atoms with Crippen LogP contribution in [0.4, 0.5) is 0 Å². The molecule has 3 rings (SSSR count). The SMILES string of the molecule is CCC[C@]12[C@H](O)C(=O)N3CCC[C@@]31CO[C@@H]2O. The van der Waals surface area contributed by atoms with Gasteiger partial charge in [-0.25, -0.2) is 0 Å². The van der Waals surface area contributed by atoms with Crippen molar-refractivity contribution in [2.24, 2.45) is 5.41 Å². The number of amides is 1. The Balaban J connectivity index is 2.13. The molecule has 0 bridgehead atoms. The molecule has 2 N–H and O–H groups in total. The number of carbonyl (C=O) groups excluding carboxylic acids is 1. The van der Waals surface area contributed by atoms with E-state index in [-0.39, 0.29) is 5.91 Å². The number of aliphatic hydroxyl groups is 2. The van der Waals surface area contributed by atoms with Gasteiger partial charge in [-0.2, -0.15) is 0 Å². The maximum absolute atomic E-state index is 12.1. The summed E-state index contributed by atoms with van der Waals surface area (Å²) < 4.78 is 5.40. The monoisotopic (exact) mass is 241 g/mol. The topological polar surface area (TPSA) is 70.0 Å². The molecular weight excluding hydrogens is 222 g/mol. The zero-order valence-electron chi connectivity index (χ0n) is 10.1. The van der Waals surface area contributed by atoms with Crippen LogP contribution >= 0.6 is 0 Å². The number of ether oxygens (including phenoxy) is 1. The van der Waals surface area contributed by atoms with Crippen molar-refractivity contribution in [1.82, 2.24) is 4.90 Å². The fourth-order valence-corrected chi connectivity index (χ4v) is 4.23. The van der Waals surface area contributed by atoms with Gasteiger partial charge in [-0.15, -0.1) is 0 Å². The zero-order chi connectivity index (χ0) is 12.3. The summed E-state index contributed by atoms with van der Waals surface area (Å²) in [6.07, 6.45) is 1.06. The molecule has 0 aromatic heterocycles. The van der Waals surface area contributed by atoms with Crippen molar-refractivity contribution in [3.05, 3.63) is 0 Å². The minimum atomic E-state index is -1.11. The largest absolute Gasteiger partial charge is 0.382 e. The van der Waals surface area contributed by atoms with Crippen molar-refractivity contribution in [1.29, 1.82) is 0 Å². The summed E-state index contributed by atoms with van der Waals surface area (Å²) >= 11 is 0. The van der Waals surface area contributed by atoms with Crippen molar-refractivity contribution in [2.75, 3.05) is 13.2 Å². The molecule has 0 aromatic rings. The summed E-state index contributed by atoms with van der Waals surface area (Å²) in [5.41, 5.74) is -1.27. The molecule has 3 heterocycles. The normalized spacial score (nSPS) is 48.6. The molecule has 96 valence electrons. The van der Waals surface area contributed by atoms with Crippen molar-refractivity contribution in [3.63, 3.8) is 0 Å². The number of nitrogens with zero attached hydrogens (tertiary/aromatic N) is 1. The highest BCUT2D eigenvalue weighted by atomic mass is 16.6. The van der Waals surface area contributed by atoms with E-state index in [0.717, 1.165) is 19.3 Å². The van der Waals surface area contributed by atoms with E-state index in [1.807, 2.05) is 6.92 Å². The van der Waals surface area contributed by atoms with E-state index in [1.54, 1.807) is 4.90 Å². The Labute approximate surface area is 100 Å². The molecule has 17 heavy (non-hydrogen) atoms. The van der Waals surface area contributed by atoms with Crippen molar-refractivity contribution in [2.45, 2.75) is 50.5 Å². The Hall–Kier alpha value is -0.650. The van der Waals surface area contributed by atoms with Gasteiger partial charge in [0.05, 0.1) is 17.6 Å². The van der Waals surface area contributed by atoms with Crippen LogP contribution in [0.2, 0.25) is 0 Å². The van der Waals surface area contributed by atoms with Crippen molar-refractivity contribution >= 4 is 5.91 Å². The van der Waals surface area contributed by atoms with Crippen molar-refractivity contribution < 1.29 is 19.7 Å². The number of hydrogen-bond donors (Lipinski definition) is 2. The third kappa shape index (κ3) is 1.04. The minimum absolute atomic E-state index is 0.224. The lowest BCUT2D eigenvalue weighted by molar-refractivity contribution is -0.164. The summed E-state index contributed by atoms with van der Waals surface area (Å²) in [5.74, 6) is -0.224.